The first-order chi connectivity index (χ1) is 15.7. The molecule has 2 aromatic carbocycles. The summed E-state index contributed by atoms with van der Waals surface area (Å²) in [5, 5.41) is 3.32. The summed E-state index contributed by atoms with van der Waals surface area (Å²) in [7, 11) is -1.77. The van der Waals surface area contributed by atoms with Crippen molar-refractivity contribution in [3.63, 3.8) is 0 Å². The fourth-order valence-corrected chi connectivity index (χ4v) is 5.36. The van der Waals surface area contributed by atoms with Crippen molar-refractivity contribution in [2.75, 3.05) is 69.0 Å². The summed E-state index contributed by atoms with van der Waals surface area (Å²) in [5.74, 6) is -0.0680. The van der Waals surface area contributed by atoms with Crippen LogP contribution in [0.15, 0.2) is 41.3 Å². The van der Waals surface area contributed by atoms with Crippen molar-refractivity contribution in [1.82, 2.24) is 15.1 Å². The van der Waals surface area contributed by atoms with Crippen molar-refractivity contribution >= 4 is 27.3 Å². The van der Waals surface area contributed by atoms with Crippen molar-refractivity contribution in [1.29, 1.82) is 0 Å². The van der Waals surface area contributed by atoms with E-state index in [1.54, 1.807) is 18.2 Å². The maximum Gasteiger partial charge on any atom is 0.261 e. The quantitative estimate of drug-likeness (QED) is 0.693. The first-order valence-electron chi connectivity index (χ1n) is 11.4. The number of likely N-dealkylation sites (N-methyl/N-ethyl adjacent to an activating group) is 1. The highest BCUT2D eigenvalue weighted by Gasteiger charge is 2.24. The second-order valence-corrected chi connectivity index (χ2v) is 10.6. The maximum absolute atomic E-state index is 13.3. The van der Waals surface area contributed by atoms with Crippen LogP contribution in [0.2, 0.25) is 0 Å². The predicted molar refractivity (Wildman–Crippen MR) is 132 cm³/mol. The smallest absolute Gasteiger partial charge is 0.261 e. The number of benzene rings is 2. The van der Waals surface area contributed by atoms with Crippen LogP contribution >= 0.6 is 0 Å². The topological polar surface area (TPSA) is 85.0 Å². The molecule has 8 nitrogen and oxygen atoms in total. The molecule has 2 fully saturated rings. The average molecular weight is 472 g/mol. The van der Waals surface area contributed by atoms with Crippen LogP contribution in [-0.2, 0) is 10.0 Å². The number of hydrogen-bond donors (Lipinski definition) is 2. The molecule has 9 heteroatoms. The maximum atomic E-state index is 13.3. The predicted octanol–water partition coefficient (Wildman–Crippen LogP) is 1.90. The van der Waals surface area contributed by atoms with Crippen LogP contribution < -0.4 is 14.9 Å². The molecule has 2 aliphatic heterocycles. The second-order valence-electron chi connectivity index (χ2n) is 8.92. The van der Waals surface area contributed by atoms with Crippen LogP contribution in [0, 0.1) is 13.8 Å². The molecule has 1 amide bonds. The fourth-order valence-electron chi connectivity index (χ4n) is 4.21. The van der Waals surface area contributed by atoms with E-state index < -0.39 is 10.0 Å². The van der Waals surface area contributed by atoms with E-state index in [4.69, 9.17) is 0 Å². The molecule has 2 N–H and O–H groups in total. The lowest BCUT2D eigenvalue weighted by Gasteiger charge is -2.33. The number of sulfonamides is 1. The van der Waals surface area contributed by atoms with Gasteiger partial charge in [-0.2, -0.15) is 0 Å². The molecule has 0 saturated carbocycles. The number of nitrogens with zero attached hydrogens (tertiary/aromatic N) is 3. The Morgan fingerprint density at radius 3 is 2.27 bits per heavy atom. The van der Waals surface area contributed by atoms with Gasteiger partial charge in [0.25, 0.3) is 15.9 Å². The number of piperazine rings is 2. The van der Waals surface area contributed by atoms with Crippen LogP contribution in [0.1, 0.15) is 21.5 Å². The van der Waals surface area contributed by atoms with Crippen molar-refractivity contribution < 1.29 is 13.2 Å². The Hall–Kier alpha value is -2.62. The number of anilines is 2. The molecule has 0 unspecified atom stereocenters. The van der Waals surface area contributed by atoms with Gasteiger partial charge in [-0.3, -0.25) is 9.52 Å². The highest BCUT2D eigenvalue weighted by molar-refractivity contribution is 7.92. The molecule has 178 valence electrons. The van der Waals surface area contributed by atoms with Crippen molar-refractivity contribution in [3.8, 4) is 0 Å². The van der Waals surface area contributed by atoms with Crippen LogP contribution in [0.25, 0.3) is 0 Å². The molecule has 0 atom stereocenters. The summed E-state index contributed by atoms with van der Waals surface area (Å²) in [4.78, 5) is 19.6. The molecule has 2 aromatic rings. The molecular weight excluding hydrogens is 438 g/mol. The molecule has 0 aliphatic carbocycles. The lowest BCUT2D eigenvalue weighted by atomic mass is 10.1. The summed E-state index contributed by atoms with van der Waals surface area (Å²) in [6, 6.07) is 10.5. The van der Waals surface area contributed by atoms with E-state index in [1.165, 1.54) is 0 Å². The highest BCUT2D eigenvalue weighted by Crippen LogP contribution is 2.31. The standard InChI is InChI=1S/C24H33N5O3S/c1-18-4-6-21(16-19(18)2)33(31,32)26-22-17-20(24(30)29-14-12-27(3)13-15-29)5-7-23(22)28-10-8-25-9-11-28/h4-7,16-17,25-26H,8-15H2,1-3H3. The fraction of sp³-hybridized carbons (Fsp3) is 0.458. The molecule has 0 aromatic heterocycles. The normalized spacial score (nSPS) is 17.8. The summed E-state index contributed by atoms with van der Waals surface area (Å²) >= 11 is 0. The van der Waals surface area contributed by atoms with Crippen LogP contribution in [-0.4, -0.2) is 83.5 Å². The number of hydrogen-bond acceptors (Lipinski definition) is 6. The van der Waals surface area contributed by atoms with Gasteiger partial charge < -0.3 is 20.0 Å². The van der Waals surface area contributed by atoms with Crippen molar-refractivity contribution in [3.05, 3.63) is 53.1 Å². The molecule has 0 bridgehead atoms. The summed E-state index contributed by atoms with van der Waals surface area (Å²) in [6.45, 7) is 10.0. The highest BCUT2D eigenvalue weighted by atomic mass is 32.2. The third kappa shape index (κ3) is 5.31. The zero-order valence-corrected chi connectivity index (χ0v) is 20.4. The monoisotopic (exact) mass is 471 g/mol. The van der Waals surface area contributed by atoms with Gasteiger partial charge in [0.1, 0.15) is 0 Å². The first-order valence-corrected chi connectivity index (χ1v) is 12.9. The van der Waals surface area contributed by atoms with Gasteiger partial charge in [-0.25, -0.2) is 8.42 Å². The lowest BCUT2D eigenvalue weighted by Crippen LogP contribution is -2.47. The zero-order valence-electron chi connectivity index (χ0n) is 19.6. The van der Waals surface area contributed by atoms with E-state index >= 15 is 0 Å². The second kappa shape index (κ2) is 9.70. The van der Waals surface area contributed by atoms with Crippen LogP contribution in [0.3, 0.4) is 0 Å². The minimum absolute atomic E-state index is 0.0680. The van der Waals surface area contributed by atoms with E-state index in [2.05, 4.69) is 19.8 Å². The van der Waals surface area contributed by atoms with Gasteiger partial charge in [0.05, 0.1) is 16.3 Å². The molecule has 33 heavy (non-hydrogen) atoms. The third-order valence-corrected chi connectivity index (χ3v) is 7.89. The van der Waals surface area contributed by atoms with Crippen LogP contribution in [0.5, 0.6) is 0 Å². The summed E-state index contributed by atoms with van der Waals surface area (Å²) in [5.41, 5.74) is 3.68. The summed E-state index contributed by atoms with van der Waals surface area (Å²) in [6.07, 6.45) is 0. The molecule has 2 heterocycles. The Morgan fingerprint density at radius 1 is 0.909 bits per heavy atom. The van der Waals surface area contributed by atoms with Crippen molar-refractivity contribution in [2.24, 2.45) is 0 Å². The molecule has 2 aliphatic rings. The zero-order chi connectivity index (χ0) is 23.6. The van der Waals surface area contributed by atoms with Gasteiger partial charge in [-0.15, -0.1) is 0 Å². The Kier molecular flexibility index (Phi) is 6.92. The molecular formula is C24H33N5O3S. The van der Waals surface area contributed by atoms with E-state index in [9.17, 15) is 13.2 Å². The first kappa shape index (κ1) is 23.5. The molecule has 2 saturated heterocycles. The lowest BCUT2D eigenvalue weighted by molar-refractivity contribution is 0.0664. The Balaban J connectivity index is 1.67. The number of aryl methyl sites for hydroxylation is 2. The van der Waals surface area contributed by atoms with Gasteiger partial charge in [-0.05, 0) is 62.4 Å². The Bertz CT molecular complexity index is 1120. The van der Waals surface area contributed by atoms with Gasteiger partial charge in [0.15, 0.2) is 0 Å². The number of amides is 1. The largest absolute Gasteiger partial charge is 0.367 e. The summed E-state index contributed by atoms with van der Waals surface area (Å²) < 4.78 is 29.3. The SMILES string of the molecule is Cc1ccc(S(=O)(=O)Nc2cc(C(=O)N3CCN(C)CC3)ccc2N2CCNCC2)cc1C. The molecule has 0 radical (unpaired) electrons. The average Bonchev–Trinajstić information content (AvgIpc) is 2.81. The minimum Gasteiger partial charge on any atom is -0.367 e. The van der Waals surface area contributed by atoms with E-state index in [1.807, 2.05) is 44.0 Å². The number of nitrogens with one attached hydrogen (secondary N) is 2. The van der Waals surface area contributed by atoms with Crippen LogP contribution in [0.4, 0.5) is 11.4 Å². The number of carbonyl (C=O) groups is 1. The number of carbonyl (C=O) groups excluding carboxylic acids is 1. The van der Waals surface area contributed by atoms with Gasteiger partial charge in [-0.1, -0.05) is 6.07 Å². The van der Waals surface area contributed by atoms with Gasteiger partial charge in [0.2, 0.25) is 0 Å². The van der Waals surface area contributed by atoms with E-state index in [0.29, 0.717) is 24.3 Å². The molecule has 0 spiro atoms. The Morgan fingerprint density at radius 2 is 1.61 bits per heavy atom. The third-order valence-electron chi connectivity index (χ3n) is 6.52. The number of rotatable bonds is 5. The van der Waals surface area contributed by atoms with E-state index in [0.717, 1.165) is 56.1 Å². The Labute approximate surface area is 196 Å². The van der Waals surface area contributed by atoms with Crippen molar-refractivity contribution in [2.45, 2.75) is 18.7 Å². The van der Waals surface area contributed by atoms with Gasteiger partial charge in [0, 0.05) is 57.9 Å². The molecule has 4 rings (SSSR count). The van der Waals surface area contributed by atoms with E-state index in [-0.39, 0.29) is 10.8 Å². The minimum atomic E-state index is -3.81. The van der Waals surface area contributed by atoms with Gasteiger partial charge >= 0.3 is 0 Å².